The molecule has 0 bridgehead atoms. The third-order valence-corrected chi connectivity index (χ3v) is 4.04. The summed E-state index contributed by atoms with van der Waals surface area (Å²) >= 11 is 0. The van der Waals surface area contributed by atoms with E-state index in [2.05, 4.69) is 9.72 Å². The van der Waals surface area contributed by atoms with Gasteiger partial charge in [-0.15, -0.1) is 0 Å². The van der Waals surface area contributed by atoms with Gasteiger partial charge in [-0.05, 0) is 24.3 Å². The Balaban J connectivity index is 2.14. The van der Waals surface area contributed by atoms with Crippen LogP contribution in [0.2, 0.25) is 0 Å². The van der Waals surface area contributed by atoms with Gasteiger partial charge in [0.15, 0.2) is 0 Å². The van der Waals surface area contributed by atoms with Crippen molar-refractivity contribution >= 4 is 16.8 Å². The monoisotopic (exact) mass is 311 g/mol. The third-order valence-electron chi connectivity index (χ3n) is 2.66. The van der Waals surface area contributed by atoms with Gasteiger partial charge in [0, 0.05) is 12.3 Å². The normalized spacial score (nSPS) is 12.0. The van der Waals surface area contributed by atoms with Gasteiger partial charge in [0.2, 0.25) is 0 Å². The Hall–Kier alpha value is -2.15. The van der Waals surface area contributed by atoms with Crippen LogP contribution in [0.1, 0.15) is 16.1 Å². The lowest BCUT2D eigenvalue weighted by Gasteiger charge is -2.04. The zero-order valence-corrected chi connectivity index (χ0v) is 11.8. The molecule has 1 unspecified atom stereocenters. The van der Waals surface area contributed by atoms with Crippen LogP contribution in [-0.4, -0.2) is 22.3 Å². The first-order chi connectivity index (χ1) is 10.0. The van der Waals surface area contributed by atoms with Gasteiger partial charge in [-0.1, -0.05) is 0 Å². The van der Waals surface area contributed by atoms with Crippen LogP contribution in [0.3, 0.4) is 0 Å². The van der Waals surface area contributed by atoms with E-state index in [0.717, 1.165) is 12.1 Å². The molecule has 1 aromatic carbocycles. The maximum Gasteiger partial charge on any atom is 0.339 e. The van der Waals surface area contributed by atoms with E-state index >= 15 is 0 Å². The van der Waals surface area contributed by atoms with Crippen molar-refractivity contribution < 1.29 is 22.5 Å². The van der Waals surface area contributed by atoms with Gasteiger partial charge in [-0.2, -0.15) is 0 Å². The zero-order chi connectivity index (χ0) is 15.4. The highest BCUT2D eigenvalue weighted by Gasteiger charge is 2.13. The Morgan fingerprint density at radius 3 is 2.62 bits per heavy atom. The minimum atomic E-state index is -1.69. The summed E-state index contributed by atoms with van der Waals surface area (Å²) in [5, 5.41) is 0. The van der Waals surface area contributed by atoms with Crippen molar-refractivity contribution in [2.45, 2.75) is 10.6 Å². The molecule has 1 heterocycles. The maximum absolute atomic E-state index is 13.5. The Labute approximate surface area is 122 Å². The number of nitrogens with zero attached hydrogens (tertiary/aromatic N) is 1. The summed E-state index contributed by atoms with van der Waals surface area (Å²) in [4.78, 5) is 15.1. The molecule has 21 heavy (non-hydrogen) atoms. The van der Waals surface area contributed by atoms with Crippen molar-refractivity contribution in [2.75, 3.05) is 7.11 Å². The molecule has 4 nitrogen and oxygen atoms in total. The third kappa shape index (κ3) is 3.69. The average molecular weight is 311 g/mol. The zero-order valence-electron chi connectivity index (χ0n) is 11.0. The fourth-order valence-electron chi connectivity index (χ4n) is 1.62. The lowest BCUT2D eigenvalue weighted by atomic mass is 10.2. The van der Waals surface area contributed by atoms with Gasteiger partial charge in [-0.25, -0.2) is 13.6 Å². The van der Waals surface area contributed by atoms with Gasteiger partial charge in [0.05, 0.1) is 39.8 Å². The second-order valence-electron chi connectivity index (χ2n) is 4.09. The summed E-state index contributed by atoms with van der Waals surface area (Å²) < 4.78 is 42.9. The standard InChI is InChI=1S/C14H11F2NO3S/c1-20-14(18)9-2-4-11(17-7-9)8-21(19)13-5-3-10(15)6-12(13)16/h2-7H,8H2,1H3. The number of esters is 1. The Morgan fingerprint density at radius 1 is 1.29 bits per heavy atom. The van der Waals surface area contributed by atoms with Gasteiger partial charge in [-0.3, -0.25) is 9.19 Å². The number of carbonyl (C=O) groups excluding carboxylic acids is 1. The predicted octanol–water partition coefficient (Wildman–Crippen LogP) is 2.45. The molecule has 0 aliphatic heterocycles. The molecule has 7 heteroatoms. The summed E-state index contributed by atoms with van der Waals surface area (Å²) in [7, 11) is -0.441. The molecule has 0 radical (unpaired) electrons. The molecule has 0 spiro atoms. The minimum absolute atomic E-state index is 0.0377. The van der Waals surface area contributed by atoms with Gasteiger partial charge >= 0.3 is 5.97 Å². The molecule has 0 saturated carbocycles. The van der Waals surface area contributed by atoms with E-state index in [1.54, 1.807) is 0 Å². The molecule has 0 fully saturated rings. The van der Waals surface area contributed by atoms with Crippen molar-refractivity contribution in [2.24, 2.45) is 0 Å². The van der Waals surface area contributed by atoms with Crippen LogP contribution in [0.25, 0.3) is 0 Å². The van der Waals surface area contributed by atoms with Crippen LogP contribution in [-0.2, 0) is 21.3 Å². The van der Waals surface area contributed by atoms with Gasteiger partial charge in [0.25, 0.3) is 0 Å². The highest BCUT2D eigenvalue weighted by molar-refractivity contribution is 7.84. The van der Waals surface area contributed by atoms with Gasteiger partial charge in [0.1, 0.15) is 11.6 Å². The second kappa shape index (κ2) is 6.53. The van der Waals surface area contributed by atoms with Crippen LogP contribution in [0.5, 0.6) is 0 Å². The summed E-state index contributed by atoms with van der Waals surface area (Å²) in [6, 6.07) is 5.85. The van der Waals surface area contributed by atoms with Crippen molar-refractivity contribution in [1.82, 2.24) is 4.98 Å². The van der Waals surface area contributed by atoms with Crippen LogP contribution < -0.4 is 0 Å². The smallest absolute Gasteiger partial charge is 0.339 e. The quantitative estimate of drug-likeness (QED) is 0.814. The Kier molecular flexibility index (Phi) is 4.74. The number of ether oxygens (including phenoxy) is 1. The first-order valence-corrected chi connectivity index (χ1v) is 7.20. The molecule has 2 aromatic rings. The molecule has 110 valence electrons. The number of methoxy groups -OCH3 is 1. The topological polar surface area (TPSA) is 56.3 Å². The van der Waals surface area contributed by atoms with E-state index < -0.39 is 28.4 Å². The van der Waals surface area contributed by atoms with Crippen molar-refractivity contribution in [1.29, 1.82) is 0 Å². The van der Waals surface area contributed by atoms with E-state index in [-0.39, 0.29) is 16.2 Å². The molecule has 0 saturated heterocycles. The molecular formula is C14H11F2NO3S. The maximum atomic E-state index is 13.5. The molecule has 0 aliphatic rings. The van der Waals surface area contributed by atoms with Gasteiger partial charge < -0.3 is 4.74 Å². The number of aromatic nitrogens is 1. The lowest BCUT2D eigenvalue weighted by Crippen LogP contribution is -2.05. The summed E-state index contributed by atoms with van der Waals surface area (Å²) in [5.41, 5.74) is 0.685. The van der Waals surface area contributed by atoms with Crippen LogP contribution >= 0.6 is 0 Å². The Morgan fingerprint density at radius 2 is 2.05 bits per heavy atom. The number of halogens is 2. The number of hydrogen-bond donors (Lipinski definition) is 0. The fraction of sp³-hybridized carbons (Fsp3) is 0.143. The molecule has 0 amide bonds. The van der Waals surface area contributed by atoms with E-state index in [1.807, 2.05) is 0 Å². The van der Waals surface area contributed by atoms with Crippen LogP contribution in [0, 0.1) is 11.6 Å². The average Bonchev–Trinajstić information content (AvgIpc) is 2.47. The lowest BCUT2D eigenvalue weighted by molar-refractivity contribution is 0.0600. The van der Waals surface area contributed by atoms with Crippen molar-refractivity contribution in [3.63, 3.8) is 0 Å². The second-order valence-corrected chi connectivity index (χ2v) is 5.51. The molecule has 1 aromatic heterocycles. The predicted molar refractivity (Wildman–Crippen MR) is 72.0 cm³/mol. The van der Waals surface area contributed by atoms with Crippen molar-refractivity contribution in [3.8, 4) is 0 Å². The van der Waals surface area contributed by atoms with E-state index in [1.165, 1.54) is 25.4 Å². The number of pyridine rings is 1. The number of hydrogen-bond acceptors (Lipinski definition) is 4. The highest BCUT2D eigenvalue weighted by Crippen LogP contribution is 2.16. The van der Waals surface area contributed by atoms with Crippen LogP contribution in [0.15, 0.2) is 41.4 Å². The summed E-state index contributed by atoms with van der Waals surface area (Å²) in [6.45, 7) is 0. The first kappa shape index (κ1) is 15.2. The largest absolute Gasteiger partial charge is 0.465 e. The van der Waals surface area contributed by atoms with Crippen LogP contribution in [0.4, 0.5) is 8.78 Å². The molecule has 1 atom stereocenters. The van der Waals surface area contributed by atoms with E-state index in [0.29, 0.717) is 11.8 Å². The molecule has 0 aliphatic carbocycles. The number of carbonyl (C=O) groups is 1. The summed E-state index contributed by atoms with van der Waals surface area (Å²) in [5.74, 6) is -2.16. The van der Waals surface area contributed by atoms with Crippen molar-refractivity contribution in [3.05, 3.63) is 59.4 Å². The minimum Gasteiger partial charge on any atom is -0.465 e. The number of benzene rings is 1. The van der Waals surface area contributed by atoms with E-state index in [9.17, 15) is 17.8 Å². The molecule has 2 rings (SSSR count). The fourth-order valence-corrected chi connectivity index (χ4v) is 2.71. The first-order valence-electron chi connectivity index (χ1n) is 5.88. The highest BCUT2D eigenvalue weighted by atomic mass is 32.2. The summed E-state index contributed by atoms with van der Waals surface area (Å²) in [6.07, 6.45) is 1.29. The SMILES string of the molecule is COC(=O)c1ccc(CS(=O)c2ccc(F)cc2F)nc1. The van der Waals surface area contributed by atoms with E-state index in [4.69, 9.17) is 0 Å². The molecular weight excluding hydrogens is 300 g/mol. The molecule has 0 N–H and O–H groups in total. The Bertz CT molecular complexity index is 689. The number of rotatable bonds is 4.